The number of rotatable bonds is 6. The molecule has 2 aliphatic carbocycles. The van der Waals surface area contributed by atoms with Crippen LogP contribution in [0.3, 0.4) is 0 Å². The maximum atomic E-state index is 6.44. The molecule has 12 rings (SSSR count). The van der Waals surface area contributed by atoms with E-state index < -0.39 is 0 Å². The molecule has 9 aromatic carbocycles. The molecule has 0 bridgehead atoms. The Balaban J connectivity index is 0.974. The minimum atomic E-state index is -0.252. The lowest BCUT2D eigenvalue weighted by Crippen LogP contribution is -2.22. The Morgan fingerprint density at radius 2 is 0.951 bits per heavy atom. The normalized spacial score (nSPS) is 15.7. The molecule has 0 saturated heterocycles. The Kier molecular flexibility index (Phi) is 7.74. The van der Waals surface area contributed by atoms with Crippen LogP contribution in [0.1, 0.15) is 48.6 Å². The maximum absolute atomic E-state index is 6.44. The van der Waals surface area contributed by atoms with E-state index in [9.17, 15) is 0 Å². The van der Waals surface area contributed by atoms with Crippen LogP contribution in [0.5, 0.6) is 0 Å². The van der Waals surface area contributed by atoms with Crippen LogP contribution in [0.2, 0.25) is 0 Å². The second kappa shape index (κ2) is 13.3. The quantitative estimate of drug-likeness (QED) is 0.167. The summed E-state index contributed by atoms with van der Waals surface area (Å²) in [6.07, 6.45) is 0. The maximum Gasteiger partial charge on any atom is 0.137 e. The number of para-hydroxylation sites is 1. The van der Waals surface area contributed by atoms with Crippen LogP contribution in [0, 0.1) is 0 Å². The van der Waals surface area contributed by atoms with Crippen molar-refractivity contribution in [3.8, 4) is 44.5 Å². The molecule has 2 nitrogen and oxygen atoms in total. The molecule has 1 aromatic heterocycles. The summed E-state index contributed by atoms with van der Waals surface area (Å²) in [5, 5.41) is 2.21. The molecule has 10 aromatic rings. The summed E-state index contributed by atoms with van der Waals surface area (Å²) >= 11 is 0. The minimum absolute atomic E-state index is 0.101. The Bertz CT molecular complexity index is 3340. The van der Waals surface area contributed by atoms with E-state index in [1.54, 1.807) is 0 Å². The van der Waals surface area contributed by atoms with Crippen molar-refractivity contribution in [2.45, 2.75) is 31.6 Å². The van der Waals surface area contributed by atoms with Crippen LogP contribution < -0.4 is 4.90 Å². The van der Waals surface area contributed by atoms with E-state index in [2.05, 4.69) is 226 Å². The molecule has 0 amide bonds. The van der Waals surface area contributed by atoms with Crippen LogP contribution in [0.25, 0.3) is 66.4 Å². The summed E-state index contributed by atoms with van der Waals surface area (Å²) in [6.45, 7) is 7.11. The van der Waals surface area contributed by atoms with Crippen LogP contribution in [0.4, 0.5) is 17.1 Å². The van der Waals surface area contributed by atoms with Crippen LogP contribution in [-0.2, 0) is 10.8 Å². The summed E-state index contributed by atoms with van der Waals surface area (Å²) < 4.78 is 6.44. The summed E-state index contributed by atoms with van der Waals surface area (Å²) in [7, 11) is 0. The van der Waals surface area contributed by atoms with Gasteiger partial charge in [-0.1, -0.05) is 172 Å². The van der Waals surface area contributed by atoms with E-state index >= 15 is 0 Å². The molecule has 0 spiro atoms. The summed E-state index contributed by atoms with van der Waals surface area (Å²) in [5.41, 5.74) is 21.6. The molecule has 0 aliphatic heterocycles. The zero-order valence-electron chi connectivity index (χ0n) is 34.5. The van der Waals surface area contributed by atoms with Gasteiger partial charge in [0.05, 0.1) is 11.1 Å². The molecule has 2 aliphatic rings. The number of nitrogens with zero attached hydrogens (tertiary/aromatic N) is 1. The molecule has 290 valence electrons. The second-order valence-corrected chi connectivity index (χ2v) is 17.4. The largest absolute Gasteiger partial charge is 0.456 e. The molecule has 1 unspecified atom stereocenters. The van der Waals surface area contributed by atoms with Gasteiger partial charge in [0.15, 0.2) is 0 Å². The smallest absolute Gasteiger partial charge is 0.137 e. The van der Waals surface area contributed by atoms with Crippen molar-refractivity contribution in [3.63, 3.8) is 0 Å². The fourth-order valence-electron chi connectivity index (χ4n) is 10.8. The van der Waals surface area contributed by atoms with Gasteiger partial charge in [0.1, 0.15) is 11.2 Å². The first kappa shape index (κ1) is 35.5. The number of furan rings is 1. The third kappa shape index (κ3) is 5.22. The predicted molar refractivity (Wildman–Crippen MR) is 254 cm³/mol. The van der Waals surface area contributed by atoms with Crippen molar-refractivity contribution < 1.29 is 4.42 Å². The standard InChI is InChI=1S/C59H43NO/c1-58(2)50-22-10-7-18-46(50)48-21-13-20-44(57(48)58)39-29-34-43(35-30-39)60(53-24-14-26-55-56(53)49-19-9-12-25-54(49)61-55)42-32-27-38(28-33-42)40-31-36-47-45-17-8-11-23-51(45)59(3,52(47)37-40)41-15-5-4-6-16-41/h4-37H,1-3H3. The molecule has 1 heterocycles. The molecule has 0 radical (unpaired) electrons. The Morgan fingerprint density at radius 1 is 0.393 bits per heavy atom. The van der Waals surface area contributed by atoms with Gasteiger partial charge >= 0.3 is 0 Å². The molecule has 1 atom stereocenters. The zero-order valence-corrected chi connectivity index (χ0v) is 34.5. The summed E-state index contributed by atoms with van der Waals surface area (Å²) in [4.78, 5) is 2.39. The van der Waals surface area contributed by atoms with Gasteiger partial charge in [-0.25, -0.2) is 0 Å². The third-order valence-electron chi connectivity index (χ3n) is 13.8. The second-order valence-electron chi connectivity index (χ2n) is 17.4. The minimum Gasteiger partial charge on any atom is -0.456 e. The van der Waals surface area contributed by atoms with E-state index in [0.717, 1.165) is 39.0 Å². The van der Waals surface area contributed by atoms with E-state index in [0.29, 0.717) is 0 Å². The van der Waals surface area contributed by atoms with Crippen molar-refractivity contribution in [2.75, 3.05) is 4.90 Å². The number of benzene rings is 9. The zero-order chi connectivity index (χ0) is 40.9. The highest BCUT2D eigenvalue weighted by Crippen LogP contribution is 2.54. The average Bonchev–Trinajstić information content (AvgIpc) is 3.91. The van der Waals surface area contributed by atoms with Gasteiger partial charge in [-0.05, 0) is 128 Å². The van der Waals surface area contributed by atoms with Crippen LogP contribution in [-0.4, -0.2) is 0 Å². The summed E-state index contributed by atoms with van der Waals surface area (Å²) in [5.74, 6) is 0. The Morgan fingerprint density at radius 3 is 1.72 bits per heavy atom. The van der Waals surface area contributed by atoms with Gasteiger partial charge in [-0.2, -0.15) is 0 Å². The van der Waals surface area contributed by atoms with Crippen molar-refractivity contribution in [1.29, 1.82) is 0 Å². The Labute approximate surface area is 357 Å². The molecular weight excluding hydrogens is 739 g/mol. The lowest BCUT2D eigenvalue weighted by atomic mass is 9.74. The Hall–Kier alpha value is -7.42. The van der Waals surface area contributed by atoms with Gasteiger partial charge < -0.3 is 9.32 Å². The number of hydrogen-bond donors (Lipinski definition) is 0. The lowest BCUT2D eigenvalue weighted by Gasteiger charge is -2.29. The molecular formula is C59H43NO. The molecule has 0 N–H and O–H groups in total. The van der Waals surface area contributed by atoms with Gasteiger partial charge in [0, 0.05) is 27.6 Å². The van der Waals surface area contributed by atoms with Gasteiger partial charge in [0.2, 0.25) is 0 Å². The molecule has 0 saturated carbocycles. The number of anilines is 3. The number of fused-ring (bicyclic) bond motifs is 9. The topological polar surface area (TPSA) is 16.4 Å². The van der Waals surface area contributed by atoms with E-state index in [4.69, 9.17) is 4.42 Å². The fourth-order valence-corrected chi connectivity index (χ4v) is 10.8. The third-order valence-corrected chi connectivity index (χ3v) is 13.8. The predicted octanol–water partition coefficient (Wildman–Crippen LogP) is 16.0. The van der Waals surface area contributed by atoms with E-state index in [1.807, 2.05) is 6.07 Å². The molecule has 2 heteroatoms. The summed E-state index contributed by atoms with van der Waals surface area (Å²) in [6, 6.07) is 75.6. The fraction of sp³-hybridized carbons (Fsp3) is 0.0847. The highest BCUT2D eigenvalue weighted by molar-refractivity contribution is 6.13. The SMILES string of the molecule is CC1(C)c2ccccc2-c2cccc(-c3ccc(N(c4ccc(-c5ccc6c(c5)C(C)(c5ccccc5)c5ccccc5-6)cc4)c4cccc5oc6ccccc6c45)cc3)c21. The first-order valence-corrected chi connectivity index (χ1v) is 21.3. The molecule has 61 heavy (non-hydrogen) atoms. The van der Waals surface area contributed by atoms with Crippen molar-refractivity contribution >= 4 is 39.0 Å². The van der Waals surface area contributed by atoms with Gasteiger partial charge in [-0.15, -0.1) is 0 Å². The highest BCUT2D eigenvalue weighted by atomic mass is 16.3. The molecule has 0 fully saturated rings. The first-order chi connectivity index (χ1) is 29.9. The van der Waals surface area contributed by atoms with Gasteiger partial charge in [0.25, 0.3) is 0 Å². The van der Waals surface area contributed by atoms with Crippen molar-refractivity contribution in [1.82, 2.24) is 0 Å². The first-order valence-electron chi connectivity index (χ1n) is 21.3. The number of hydrogen-bond acceptors (Lipinski definition) is 2. The van der Waals surface area contributed by atoms with E-state index in [-0.39, 0.29) is 10.8 Å². The van der Waals surface area contributed by atoms with Crippen molar-refractivity contribution in [3.05, 3.63) is 234 Å². The van der Waals surface area contributed by atoms with Gasteiger partial charge in [-0.3, -0.25) is 0 Å². The van der Waals surface area contributed by atoms with Crippen molar-refractivity contribution in [2.24, 2.45) is 0 Å². The van der Waals surface area contributed by atoms with E-state index in [1.165, 1.54) is 72.3 Å². The lowest BCUT2D eigenvalue weighted by molar-refractivity contribution is 0.662. The monoisotopic (exact) mass is 781 g/mol. The van der Waals surface area contributed by atoms with Crippen LogP contribution >= 0.6 is 0 Å². The highest BCUT2D eigenvalue weighted by Gasteiger charge is 2.41. The average molecular weight is 782 g/mol. The van der Waals surface area contributed by atoms with Crippen LogP contribution in [0.15, 0.2) is 211 Å².